The van der Waals surface area contributed by atoms with Gasteiger partial charge < -0.3 is 14.8 Å². The van der Waals surface area contributed by atoms with Gasteiger partial charge in [-0.1, -0.05) is 29.3 Å². The highest BCUT2D eigenvalue weighted by molar-refractivity contribution is 6.36. The summed E-state index contributed by atoms with van der Waals surface area (Å²) >= 11 is 12.6. The third-order valence-electron chi connectivity index (χ3n) is 3.94. The van der Waals surface area contributed by atoms with Crippen molar-refractivity contribution in [1.82, 2.24) is 10.2 Å². The maximum atomic E-state index is 12.7. The Bertz CT molecular complexity index is 686. The van der Waals surface area contributed by atoms with Crippen LogP contribution in [0, 0.1) is 0 Å². The second-order valence-electron chi connectivity index (χ2n) is 5.39. The average Bonchev–Trinajstić information content (AvgIpc) is 2.55. The van der Waals surface area contributed by atoms with Gasteiger partial charge in [-0.2, -0.15) is 0 Å². The second-order valence-corrected chi connectivity index (χ2v) is 6.20. The average molecular weight is 387 g/mol. The van der Waals surface area contributed by atoms with Crippen molar-refractivity contribution in [2.75, 3.05) is 26.9 Å². The maximum Gasteiger partial charge on any atom is 0.338 e. The summed E-state index contributed by atoms with van der Waals surface area (Å²) in [7, 11) is 1.52. The van der Waals surface area contributed by atoms with Crippen LogP contribution in [-0.4, -0.2) is 43.8 Å². The number of nitrogens with one attached hydrogen (secondary N) is 1. The van der Waals surface area contributed by atoms with Gasteiger partial charge in [-0.15, -0.1) is 0 Å². The fourth-order valence-corrected chi connectivity index (χ4v) is 3.34. The van der Waals surface area contributed by atoms with E-state index in [9.17, 15) is 9.59 Å². The lowest BCUT2D eigenvalue weighted by molar-refractivity contribution is -0.140. The van der Waals surface area contributed by atoms with Gasteiger partial charge in [0.15, 0.2) is 0 Å². The van der Waals surface area contributed by atoms with E-state index in [-0.39, 0.29) is 19.2 Å². The van der Waals surface area contributed by atoms with E-state index in [0.29, 0.717) is 33.4 Å². The minimum absolute atomic E-state index is 0.106. The summed E-state index contributed by atoms with van der Waals surface area (Å²) in [5.74, 6) is -0.547. The van der Waals surface area contributed by atoms with Crippen LogP contribution in [0.25, 0.3) is 0 Å². The molecule has 0 spiro atoms. The van der Waals surface area contributed by atoms with E-state index < -0.39 is 12.0 Å². The number of rotatable bonds is 6. The molecule has 0 saturated heterocycles. The lowest BCUT2D eigenvalue weighted by Crippen LogP contribution is -2.48. The number of methoxy groups -OCH3 is 1. The van der Waals surface area contributed by atoms with Crippen molar-refractivity contribution in [2.45, 2.75) is 19.9 Å². The van der Waals surface area contributed by atoms with Crippen molar-refractivity contribution in [3.8, 4) is 0 Å². The van der Waals surface area contributed by atoms with Crippen molar-refractivity contribution >= 4 is 35.2 Å². The maximum absolute atomic E-state index is 12.7. The molecule has 2 amide bonds. The van der Waals surface area contributed by atoms with E-state index in [1.54, 1.807) is 25.1 Å². The lowest BCUT2D eigenvalue weighted by Gasteiger charge is -2.35. The van der Waals surface area contributed by atoms with E-state index in [1.807, 2.05) is 6.92 Å². The van der Waals surface area contributed by atoms with Crippen molar-refractivity contribution < 1.29 is 19.1 Å². The zero-order valence-corrected chi connectivity index (χ0v) is 15.8. The fraction of sp³-hybridized carbons (Fsp3) is 0.412. The Morgan fingerprint density at radius 3 is 2.48 bits per heavy atom. The highest BCUT2D eigenvalue weighted by Crippen LogP contribution is 2.38. The molecular weight excluding hydrogens is 367 g/mol. The van der Waals surface area contributed by atoms with Crippen molar-refractivity contribution in [3.63, 3.8) is 0 Å². The SMILES string of the molecule is CCN1C(=O)N[C@H](c2c(Cl)cccc2Cl)C(C(=O)OCCOC)=C1C. The van der Waals surface area contributed by atoms with Crippen LogP contribution < -0.4 is 5.32 Å². The third kappa shape index (κ3) is 4.08. The van der Waals surface area contributed by atoms with Crippen molar-refractivity contribution in [3.05, 3.63) is 45.1 Å². The molecule has 0 radical (unpaired) electrons. The number of nitrogens with zero attached hydrogens (tertiary/aromatic N) is 1. The summed E-state index contributed by atoms with van der Waals surface area (Å²) in [6, 6.07) is 3.90. The number of esters is 1. The Morgan fingerprint density at radius 1 is 1.28 bits per heavy atom. The number of hydrogen-bond donors (Lipinski definition) is 1. The molecule has 2 rings (SSSR count). The largest absolute Gasteiger partial charge is 0.460 e. The minimum Gasteiger partial charge on any atom is -0.460 e. The topological polar surface area (TPSA) is 67.9 Å². The normalized spacial score (nSPS) is 17.6. The van der Waals surface area contributed by atoms with Gasteiger partial charge in [0, 0.05) is 35.0 Å². The van der Waals surface area contributed by atoms with Gasteiger partial charge in [-0.3, -0.25) is 4.90 Å². The fourth-order valence-electron chi connectivity index (χ4n) is 2.72. The van der Waals surface area contributed by atoms with Crippen LogP contribution >= 0.6 is 23.2 Å². The number of halogens is 2. The first kappa shape index (κ1) is 19.6. The molecule has 0 fully saturated rings. The standard InChI is InChI=1S/C17H20Cl2N2O4/c1-4-21-10(2)13(16(22)25-9-8-24-3)15(20-17(21)23)14-11(18)6-5-7-12(14)19/h5-7,15H,4,8-9H2,1-3H3,(H,20,23)/t15-/m0/s1. The zero-order chi connectivity index (χ0) is 18.6. The molecule has 1 atom stereocenters. The Kier molecular flexibility index (Phi) is 6.70. The minimum atomic E-state index is -0.786. The van der Waals surface area contributed by atoms with Crippen LogP contribution in [-0.2, 0) is 14.3 Å². The van der Waals surface area contributed by atoms with Crippen LogP contribution in [0.15, 0.2) is 29.5 Å². The van der Waals surface area contributed by atoms with Crippen molar-refractivity contribution in [2.24, 2.45) is 0 Å². The first-order valence-corrected chi connectivity index (χ1v) is 8.56. The molecule has 1 aromatic rings. The van der Waals surface area contributed by atoms with Gasteiger partial charge in [0.05, 0.1) is 18.2 Å². The molecule has 8 heteroatoms. The first-order chi connectivity index (χ1) is 11.9. The Hall–Kier alpha value is -1.76. The van der Waals surface area contributed by atoms with E-state index in [1.165, 1.54) is 12.0 Å². The molecule has 0 bridgehead atoms. The molecule has 1 aliphatic rings. The number of hydrogen-bond acceptors (Lipinski definition) is 4. The van der Waals surface area contributed by atoms with Gasteiger partial charge in [0.1, 0.15) is 6.61 Å². The molecule has 0 saturated carbocycles. The summed E-state index contributed by atoms with van der Waals surface area (Å²) in [4.78, 5) is 26.5. The molecule has 6 nitrogen and oxygen atoms in total. The van der Waals surface area contributed by atoms with Gasteiger partial charge >= 0.3 is 12.0 Å². The molecule has 0 aromatic heterocycles. The molecule has 0 unspecified atom stereocenters. The van der Waals surface area contributed by atoms with Gasteiger partial charge in [-0.05, 0) is 26.0 Å². The molecule has 136 valence electrons. The summed E-state index contributed by atoms with van der Waals surface area (Å²) < 4.78 is 10.2. The number of allylic oxidation sites excluding steroid dienone is 1. The predicted octanol–water partition coefficient (Wildman–Crippen LogP) is 3.54. The number of ether oxygens (including phenoxy) is 2. The summed E-state index contributed by atoms with van der Waals surface area (Å²) in [6.07, 6.45) is 0. The second kappa shape index (κ2) is 8.56. The number of carbonyl (C=O) groups is 2. The van der Waals surface area contributed by atoms with Gasteiger partial charge in [0.25, 0.3) is 0 Å². The van der Waals surface area contributed by atoms with E-state index in [0.717, 1.165) is 0 Å². The molecular formula is C17H20Cl2N2O4. The Labute approximate surface area is 156 Å². The quantitative estimate of drug-likeness (QED) is 0.599. The number of benzene rings is 1. The molecule has 25 heavy (non-hydrogen) atoms. The number of urea groups is 1. The number of carbonyl (C=O) groups excluding carboxylic acids is 2. The highest BCUT2D eigenvalue weighted by Gasteiger charge is 2.37. The zero-order valence-electron chi connectivity index (χ0n) is 14.3. The van der Waals surface area contributed by atoms with Crippen LogP contribution in [0.4, 0.5) is 4.79 Å². The van der Waals surface area contributed by atoms with E-state index in [4.69, 9.17) is 32.7 Å². The van der Waals surface area contributed by atoms with Gasteiger partial charge in [0.2, 0.25) is 0 Å². The molecule has 0 aliphatic carbocycles. The monoisotopic (exact) mass is 386 g/mol. The molecule has 1 heterocycles. The molecule has 1 aliphatic heterocycles. The van der Waals surface area contributed by atoms with Crippen LogP contribution in [0.3, 0.4) is 0 Å². The summed E-state index contributed by atoms with van der Waals surface area (Å²) in [5, 5.41) is 3.51. The smallest absolute Gasteiger partial charge is 0.338 e. The molecule has 1 N–H and O–H groups in total. The first-order valence-electron chi connectivity index (χ1n) is 7.81. The summed E-state index contributed by atoms with van der Waals surface area (Å²) in [5.41, 5.74) is 1.27. The van der Waals surface area contributed by atoms with E-state index >= 15 is 0 Å². The Morgan fingerprint density at radius 2 is 1.92 bits per heavy atom. The van der Waals surface area contributed by atoms with E-state index in [2.05, 4.69) is 5.32 Å². The predicted molar refractivity (Wildman–Crippen MR) is 95.6 cm³/mol. The van der Waals surface area contributed by atoms with Crippen LogP contribution in [0.2, 0.25) is 10.0 Å². The van der Waals surface area contributed by atoms with Crippen LogP contribution in [0.5, 0.6) is 0 Å². The van der Waals surface area contributed by atoms with Crippen molar-refractivity contribution in [1.29, 1.82) is 0 Å². The molecule has 1 aromatic carbocycles. The summed E-state index contributed by atoms with van der Waals surface area (Å²) in [6.45, 7) is 4.32. The third-order valence-corrected chi connectivity index (χ3v) is 4.60. The van der Waals surface area contributed by atoms with Gasteiger partial charge in [-0.25, -0.2) is 9.59 Å². The lowest BCUT2D eigenvalue weighted by atomic mass is 9.94. The Balaban J connectivity index is 2.50. The number of amides is 2. The van der Waals surface area contributed by atoms with Crippen LogP contribution in [0.1, 0.15) is 25.5 Å². The highest BCUT2D eigenvalue weighted by atomic mass is 35.5.